The monoisotopic (exact) mass is 291 g/mol. The molecule has 4 nitrogen and oxygen atoms in total. The lowest BCUT2D eigenvalue weighted by Gasteiger charge is -2.19. The van der Waals surface area contributed by atoms with E-state index in [2.05, 4.69) is 27.1 Å². The van der Waals surface area contributed by atoms with Gasteiger partial charge in [-0.2, -0.15) is 0 Å². The van der Waals surface area contributed by atoms with Crippen LogP contribution in [0.1, 0.15) is 35.2 Å². The van der Waals surface area contributed by atoms with Crippen LogP contribution in [0.3, 0.4) is 0 Å². The smallest absolute Gasteiger partial charge is 0.245 e. The first-order valence-electron chi connectivity index (χ1n) is 7.63. The Labute approximate surface area is 129 Å². The fourth-order valence-electron chi connectivity index (χ4n) is 3.02. The molecular formula is C18H17N3O. The summed E-state index contributed by atoms with van der Waals surface area (Å²) in [5, 5.41) is 0. The number of hydrogen-bond donors (Lipinski definition) is 0. The molecule has 0 saturated carbocycles. The molecule has 3 aromatic heterocycles. The molecule has 1 atom stereocenters. The van der Waals surface area contributed by atoms with Gasteiger partial charge in [0, 0.05) is 29.9 Å². The largest absolute Gasteiger partial charge is 0.440 e. The van der Waals surface area contributed by atoms with Gasteiger partial charge in [-0.05, 0) is 44.0 Å². The van der Waals surface area contributed by atoms with E-state index >= 15 is 0 Å². The molecule has 0 fully saturated rings. The second kappa shape index (κ2) is 5.37. The molecule has 22 heavy (non-hydrogen) atoms. The van der Waals surface area contributed by atoms with Crippen molar-refractivity contribution in [3.8, 4) is 11.6 Å². The summed E-state index contributed by atoms with van der Waals surface area (Å²) in [6.07, 6.45) is 4.63. The van der Waals surface area contributed by atoms with E-state index in [9.17, 15) is 0 Å². The van der Waals surface area contributed by atoms with E-state index in [0.29, 0.717) is 11.8 Å². The van der Waals surface area contributed by atoms with Gasteiger partial charge in [0.15, 0.2) is 0 Å². The second-order valence-corrected chi connectivity index (χ2v) is 5.75. The predicted molar refractivity (Wildman–Crippen MR) is 83.5 cm³/mol. The Bertz CT molecular complexity index is 795. The van der Waals surface area contributed by atoms with Crippen molar-refractivity contribution in [2.24, 2.45) is 0 Å². The van der Waals surface area contributed by atoms with Gasteiger partial charge in [-0.3, -0.25) is 9.97 Å². The molecule has 0 saturated heterocycles. The highest BCUT2D eigenvalue weighted by molar-refractivity contribution is 5.47. The Hall–Kier alpha value is -2.49. The first-order valence-corrected chi connectivity index (χ1v) is 7.63. The quantitative estimate of drug-likeness (QED) is 0.722. The minimum atomic E-state index is 0.414. The molecule has 1 unspecified atom stereocenters. The summed E-state index contributed by atoms with van der Waals surface area (Å²) in [4.78, 5) is 13.6. The zero-order valence-corrected chi connectivity index (χ0v) is 12.5. The third-order valence-electron chi connectivity index (χ3n) is 4.15. The minimum Gasteiger partial charge on any atom is -0.440 e. The normalized spacial score (nSPS) is 17.2. The predicted octanol–water partition coefficient (Wildman–Crippen LogP) is 3.71. The average Bonchev–Trinajstić information content (AvgIpc) is 2.99. The average molecular weight is 291 g/mol. The van der Waals surface area contributed by atoms with Crippen LogP contribution in [-0.2, 0) is 12.8 Å². The molecule has 3 heterocycles. The molecule has 110 valence electrons. The summed E-state index contributed by atoms with van der Waals surface area (Å²) >= 11 is 0. The molecule has 0 N–H and O–H groups in total. The maximum Gasteiger partial charge on any atom is 0.245 e. The third-order valence-corrected chi connectivity index (χ3v) is 4.15. The van der Waals surface area contributed by atoms with Gasteiger partial charge in [0.2, 0.25) is 5.89 Å². The Balaban J connectivity index is 1.63. The third kappa shape index (κ3) is 2.41. The summed E-state index contributed by atoms with van der Waals surface area (Å²) in [7, 11) is 0. The molecule has 0 aliphatic heterocycles. The van der Waals surface area contributed by atoms with E-state index in [1.807, 2.05) is 31.2 Å². The number of hydrogen-bond acceptors (Lipinski definition) is 4. The Morgan fingerprint density at radius 3 is 2.86 bits per heavy atom. The van der Waals surface area contributed by atoms with Crippen molar-refractivity contribution in [1.82, 2.24) is 15.0 Å². The molecule has 0 radical (unpaired) electrons. The van der Waals surface area contributed by atoms with Crippen LogP contribution >= 0.6 is 0 Å². The van der Waals surface area contributed by atoms with Crippen molar-refractivity contribution in [1.29, 1.82) is 0 Å². The van der Waals surface area contributed by atoms with E-state index in [-0.39, 0.29) is 0 Å². The van der Waals surface area contributed by atoms with Crippen LogP contribution in [0, 0.1) is 6.92 Å². The SMILES string of the molecule is Cc1cccc(C2CCc3nc(-c4ccccn4)oc3C2)n1. The topological polar surface area (TPSA) is 51.8 Å². The fraction of sp³-hybridized carbons (Fsp3) is 0.278. The summed E-state index contributed by atoms with van der Waals surface area (Å²) in [6.45, 7) is 2.03. The molecule has 0 spiro atoms. The van der Waals surface area contributed by atoms with Crippen molar-refractivity contribution < 1.29 is 4.42 Å². The molecular weight excluding hydrogens is 274 g/mol. The Kier molecular flexibility index (Phi) is 3.22. The molecule has 0 bridgehead atoms. The zero-order valence-electron chi connectivity index (χ0n) is 12.5. The fourth-order valence-corrected chi connectivity index (χ4v) is 3.02. The Morgan fingerprint density at radius 1 is 1.09 bits per heavy atom. The van der Waals surface area contributed by atoms with Crippen molar-refractivity contribution in [2.75, 3.05) is 0 Å². The van der Waals surface area contributed by atoms with Crippen LogP contribution in [0.2, 0.25) is 0 Å². The highest BCUT2D eigenvalue weighted by Gasteiger charge is 2.26. The van der Waals surface area contributed by atoms with E-state index < -0.39 is 0 Å². The first-order chi connectivity index (χ1) is 10.8. The molecule has 0 amide bonds. The number of aryl methyl sites for hydroxylation is 2. The molecule has 1 aliphatic carbocycles. The number of pyridine rings is 2. The molecule has 4 heteroatoms. The maximum absolute atomic E-state index is 5.97. The van der Waals surface area contributed by atoms with Gasteiger partial charge in [0.1, 0.15) is 11.5 Å². The van der Waals surface area contributed by atoms with Crippen LogP contribution in [0.5, 0.6) is 0 Å². The number of nitrogens with zero attached hydrogens (tertiary/aromatic N) is 3. The maximum atomic E-state index is 5.97. The summed E-state index contributed by atoms with van der Waals surface area (Å²) in [5.41, 5.74) is 4.09. The van der Waals surface area contributed by atoms with Crippen molar-refractivity contribution in [2.45, 2.75) is 32.1 Å². The van der Waals surface area contributed by atoms with Gasteiger partial charge in [0.25, 0.3) is 0 Å². The second-order valence-electron chi connectivity index (χ2n) is 5.75. The highest BCUT2D eigenvalue weighted by atomic mass is 16.4. The van der Waals surface area contributed by atoms with E-state index in [1.165, 1.54) is 0 Å². The van der Waals surface area contributed by atoms with Gasteiger partial charge >= 0.3 is 0 Å². The van der Waals surface area contributed by atoms with Crippen molar-refractivity contribution in [3.63, 3.8) is 0 Å². The van der Waals surface area contributed by atoms with E-state index in [4.69, 9.17) is 4.42 Å². The number of aromatic nitrogens is 3. The standard InChI is InChI=1S/C18H17N3O/c1-12-5-4-7-14(20-12)13-8-9-15-17(11-13)22-18(21-15)16-6-2-3-10-19-16/h2-7,10,13H,8-9,11H2,1H3. The van der Waals surface area contributed by atoms with E-state index in [0.717, 1.165) is 47.8 Å². The van der Waals surface area contributed by atoms with Crippen LogP contribution in [0.15, 0.2) is 47.0 Å². The molecule has 0 aromatic carbocycles. The molecule has 1 aliphatic rings. The zero-order chi connectivity index (χ0) is 14.9. The van der Waals surface area contributed by atoms with E-state index in [1.54, 1.807) is 6.20 Å². The van der Waals surface area contributed by atoms with Gasteiger partial charge < -0.3 is 4.42 Å². The van der Waals surface area contributed by atoms with Gasteiger partial charge in [0.05, 0.1) is 5.69 Å². The van der Waals surface area contributed by atoms with Gasteiger partial charge in [-0.1, -0.05) is 12.1 Å². The summed E-state index contributed by atoms with van der Waals surface area (Å²) in [5.74, 6) is 2.03. The Morgan fingerprint density at radius 2 is 2.05 bits per heavy atom. The van der Waals surface area contributed by atoms with Crippen LogP contribution in [-0.4, -0.2) is 15.0 Å². The number of oxazole rings is 1. The summed E-state index contributed by atoms with van der Waals surface area (Å²) < 4.78 is 5.97. The molecule has 4 rings (SSSR count). The summed E-state index contributed by atoms with van der Waals surface area (Å²) in [6, 6.07) is 12.0. The lowest BCUT2D eigenvalue weighted by atomic mass is 9.87. The lowest BCUT2D eigenvalue weighted by molar-refractivity contribution is 0.453. The van der Waals surface area contributed by atoms with Crippen molar-refractivity contribution >= 4 is 0 Å². The van der Waals surface area contributed by atoms with Crippen LogP contribution < -0.4 is 0 Å². The van der Waals surface area contributed by atoms with Gasteiger partial charge in [-0.15, -0.1) is 0 Å². The van der Waals surface area contributed by atoms with Crippen LogP contribution in [0.4, 0.5) is 0 Å². The van der Waals surface area contributed by atoms with Gasteiger partial charge in [-0.25, -0.2) is 4.98 Å². The van der Waals surface area contributed by atoms with Crippen molar-refractivity contribution in [3.05, 3.63) is 65.4 Å². The molecule has 3 aromatic rings. The highest BCUT2D eigenvalue weighted by Crippen LogP contribution is 2.33. The first kappa shape index (κ1) is 13.2. The van der Waals surface area contributed by atoms with Crippen LogP contribution in [0.25, 0.3) is 11.6 Å². The number of rotatable bonds is 2. The number of fused-ring (bicyclic) bond motifs is 1. The minimum absolute atomic E-state index is 0.414. The lowest BCUT2D eigenvalue weighted by Crippen LogP contribution is -2.13.